The molecule has 0 aliphatic rings. The van der Waals surface area contributed by atoms with Crippen LogP contribution in [0.2, 0.25) is 0 Å². The maximum atomic E-state index is 13.3. The number of benzene rings is 3. The Labute approximate surface area is 155 Å². The standard InChI is InChI=1S/C21H18F2N2S/c22-18-10-6-16(7-11-18)20(17-8-12-19(23)13-9-17)26-21(24)25-14-15-4-2-1-3-5-15/h1-13,20H,14H2,(H2,24,25). The molecule has 0 saturated carbocycles. The summed E-state index contributed by atoms with van der Waals surface area (Å²) in [5.74, 6) is -0.607. The van der Waals surface area contributed by atoms with E-state index < -0.39 is 0 Å². The van der Waals surface area contributed by atoms with Crippen LogP contribution in [-0.2, 0) is 6.54 Å². The minimum absolute atomic E-state index is 0.198. The highest BCUT2D eigenvalue weighted by atomic mass is 32.2. The van der Waals surface area contributed by atoms with Gasteiger partial charge in [0.2, 0.25) is 0 Å². The Morgan fingerprint density at radius 3 is 1.81 bits per heavy atom. The molecule has 0 bridgehead atoms. The van der Waals surface area contributed by atoms with Gasteiger partial charge in [-0.15, -0.1) is 0 Å². The van der Waals surface area contributed by atoms with Gasteiger partial charge in [-0.05, 0) is 41.0 Å². The van der Waals surface area contributed by atoms with Crippen LogP contribution < -0.4 is 5.73 Å². The number of nitrogens with zero attached hydrogens (tertiary/aromatic N) is 1. The second kappa shape index (κ2) is 8.63. The van der Waals surface area contributed by atoms with Gasteiger partial charge in [0.25, 0.3) is 0 Å². The Balaban J connectivity index is 1.83. The summed E-state index contributed by atoms with van der Waals surface area (Å²) in [7, 11) is 0. The zero-order chi connectivity index (χ0) is 18.4. The number of thioether (sulfide) groups is 1. The quantitative estimate of drug-likeness (QED) is 0.490. The lowest BCUT2D eigenvalue weighted by Crippen LogP contribution is -2.11. The number of amidine groups is 1. The maximum absolute atomic E-state index is 13.3. The van der Waals surface area contributed by atoms with Crippen LogP contribution in [0, 0.1) is 11.6 Å². The molecule has 0 spiro atoms. The third kappa shape index (κ3) is 4.92. The summed E-state index contributed by atoms with van der Waals surface area (Å²) in [6.07, 6.45) is 0. The normalized spacial score (nSPS) is 11.7. The van der Waals surface area contributed by atoms with Crippen LogP contribution in [0.15, 0.2) is 83.9 Å². The molecule has 0 unspecified atom stereocenters. The molecule has 0 heterocycles. The highest BCUT2D eigenvalue weighted by molar-refractivity contribution is 8.14. The van der Waals surface area contributed by atoms with Crippen molar-refractivity contribution in [2.75, 3.05) is 0 Å². The molecule has 0 saturated heterocycles. The molecule has 26 heavy (non-hydrogen) atoms. The monoisotopic (exact) mass is 368 g/mol. The van der Waals surface area contributed by atoms with Gasteiger partial charge in [0.1, 0.15) is 11.6 Å². The fraction of sp³-hybridized carbons (Fsp3) is 0.0952. The van der Waals surface area contributed by atoms with E-state index in [-0.39, 0.29) is 16.9 Å². The molecular weight excluding hydrogens is 350 g/mol. The zero-order valence-corrected chi connectivity index (χ0v) is 14.8. The van der Waals surface area contributed by atoms with Gasteiger partial charge in [0, 0.05) is 0 Å². The van der Waals surface area contributed by atoms with E-state index in [1.807, 2.05) is 30.3 Å². The van der Waals surface area contributed by atoms with Crippen LogP contribution in [0.25, 0.3) is 0 Å². The highest BCUT2D eigenvalue weighted by Crippen LogP contribution is 2.35. The largest absolute Gasteiger partial charge is 0.379 e. The lowest BCUT2D eigenvalue weighted by atomic mass is 10.0. The molecule has 0 radical (unpaired) electrons. The van der Waals surface area contributed by atoms with Gasteiger partial charge in [-0.25, -0.2) is 8.78 Å². The molecule has 0 atom stereocenters. The molecule has 5 heteroatoms. The molecular formula is C21H18F2N2S. The maximum Gasteiger partial charge on any atom is 0.155 e. The van der Waals surface area contributed by atoms with Crippen LogP contribution >= 0.6 is 11.8 Å². The van der Waals surface area contributed by atoms with Crippen molar-refractivity contribution in [2.45, 2.75) is 11.8 Å². The van der Waals surface area contributed by atoms with E-state index in [0.717, 1.165) is 16.7 Å². The van der Waals surface area contributed by atoms with Crippen molar-refractivity contribution in [3.63, 3.8) is 0 Å². The second-order valence-electron chi connectivity index (χ2n) is 5.74. The molecule has 0 aliphatic heterocycles. The average Bonchev–Trinajstić information content (AvgIpc) is 2.67. The minimum atomic E-state index is -0.303. The van der Waals surface area contributed by atoms with E-state index in [1.54, 1.807) is 24.3 Å². The van der Waals surface area contributed by atoms with Crippen LogP contribution in [0.1, 0.15) is 21.9 Å². The molecule has 0 fully saturated rings. The van der Waals surface area contributed by atoms with E-state index in [4.69, 9.17) is 5.73 Å². The molecule has 132 valence electrons. The number of hydrogen-bond donors (Lipinski definition) is 1. The fourth-order valence-electron chi connectivity index (χ4n) is 2.51. The van der Waals surface area contributed by atoms with Crippen molar-refractivity contribution < 1.29 is 8.78 Å². The Hall–Kier alpha value is -2.66. The van der Waals surface area contributed by atoms with E-state index in [0.29, 0.717) is 11.7 Å². The third-order valence-corrected chi connectivity index (χ3v) is 5.00. The molecule has 0 amide bonds. The third-order valence-electron chi connectivity index (χ3n) is 3.84. The Morgan fingerprint density at radius 1 is 0.808 bits per heavy atom. The van der Waals surface area contributed by atoms with Crippen molar-refractivity contribution in [3.05, 3.63) is 107 Å². The first-order chi connectivity index (χ1) is 12.6. The summed E-state index contributed by atoms with van der Waals surface area (Å²) < 4.78 is 26.5. The van der Waals surface area contributed by atoms with Gasteiger partial charge in [-0.3, -0.25) is 4.99 Å². The molecule has 2 N–H and O–H groups in total. The number of nitrogens with two attached hydrogens (primary N) is 1. The predicted molar refractivity (Wildman–Crippen MR) is 104 cm³/mol. The van der Waals surface area contributed by atoms with Gasteiger partial charge in [-0.2, -0.15) is 0 Å². The van der Waals surface area contributed by atoms with Gasteiger partial charge < -0.3 is 5.73 Å². The first kappa shape index (κ1) is 18.1. The second-order valence-corrected chi connectivity index (χ2v) is 6.87. The molecule has 0 aliphatic carbocycles. The van der Waals surface area contributed by atoms with Crippen molar-refractivity contribution in [1.29, 1.82) is 0 Å². The van der Waals surface area contributed by atoms with Crippen LogP contribution in [0.5, 0.6) is 0 Å². The zero-order valence-electron chi connectivity index (χ0n) is 14.0. The molecule has 3 aromatic rings. The summed E-state index contributed by atoms with van der Waals surface area (Å²) >= 11 is 1.36. The molecule has 3 aromatic carbocycles. The van der Waals surface area contributed by atoms with Crippen molar-refractivity contribution >= 4 is 16.9 Å². The van der Waals surface area contributed by atoms with Gasteiger partial charge >= 0.3 is 0 Å². The van der Waals surface area contributed by atoms with Crippen LogP contribution in [-0.4, -0.2) is 5.17 Å². The van der Waals surface area contributed by atoms with Gasteiger partial charge in [0.05, 0.1) is 11.8 Å². The number of hydrogen-bond acceptors (Lipinski definition) is 2. The van der Waals surface area contributed by atoms with Crippen molar-refractivity contribution in [3.8, 4) is 0 Å². The Bertz CT molecular complexity index is 817. The SMILES string of the molecule is NC(=NCc1ccccc1)SC(c1ccc(F)cc1)c1ccc(F)cc1. The van der Waals surface area contributed by atoms with Crippen LogP contribution in [0.4, 0.5) is 8.78 Å². The first-order valence-electron chi connectivity index (χ1n) is 8.13. The topological polar surface area (TPSA) is 38.4 Å². The van der Waals surface area contributed by atoms with Crippen molar-refractivity contribution in [2.24, 2.45) is 10.7 Å². The average molecular weight is 368 g/mol. The number of rotatable bonds is 5. The van der Waals surface area contributed by atoms with Crippen molar-refractivity contribution in [1.82, 2.24) is 0 Å². The Kier molecular flexibility index (Phi) is 6.02. The summed E-state index contributed by atoms with van der Waals surface area (Å²) in [6.45, 7) is 0.485. The van der Waals surface area contributed by atoms with E-state index in [9.17, 15) is 8.78 Å². The van der Waals surface area contributed by atoms with E-state index in [1.165, 1.54) is 36.0 Å². The predicted octanol–water partition coefficient (Wildman–Crippen LogP) is 5.30. The van der Waals surface area contributed by atoms with Gasteiger partial charge in [0.15, 0.2) is 5.17 Å². The van der Waals surface area contributed by atoms with Gasteiger partial charge in [-0.1, -0.05) is 66.4 Å². The number of halogens is 2. The summed E-state index contributed by atoms with van der Waals surface area (Å²) in [4.78, 5) is 4.43. The fourth-order valence-corrected chi connectivity index (χ4v) is 3.48. The van der Waals surface area contributed by atoms with E-state index >= 15 is 0 Å². The number of aliphatic imine (C=N–C) groups is 1. The molecule has 0 aromatic heterocycles. The molecule has 2 nitrogen and oxygen atoms in total. The summed E-state index contributed by atoms with van der Waals surface area (Å²) in [5.41, 5.74) is 8.94. The summed E-state index contributed by atoms with van der Waals surface area (Å²) in [6, 6.07) is 22.3. The lowest BCUT2D eigenvalue weighted by Gasteiger charge is -2.17. The summed E-state index contributed by atoms with van der Waals surface area (Å²) in [5, 5.41) is 0.225. The first-order valence-corrected chi connectivity index (χ1v) is 9.01. The highest BCUT2D eigenvalue weighted by Gasteiger charge is 2.17. The molecule has 3 rings (SSSR count). The smallest absolute Gasteiger partial charge is 0.155 e. The Morgan fingerprint density at radius 2 is 1.31 bits per heavy atom. The van der Waals surface area contributed by atoms with Crippen LogP contribution in [0.3, 0.4) is 0 Å². The lowest BCUT2D eigenvalue weighted by molar-refractivity contribution is 0.626. The van der Waals surface area contributed by atoms with E-state index in [2.05, 4.69) is 4.99 Å². The minimum Gasteiger partial charge on any atom is -0.379 e.